The summed E-state index contributed by atoms with van der Waals surface area (Å²) in [5.74, 6) is 0.946. The Balaban J connectivity index is 1.82. The third kappa shape index (κ3) is 1.89. The monoisotopic (exact) mass is 330 g/mol. The van der Waals surface area contributed by atoms with Crippen LogP contribution in [0.15, 0.2) is 57.5 Å². The minimum absolute atomic E-state index is 0.358. The Hall–Kier alpha value is -3.86. The number of hydrogen-bond donors (Lipinski definition) is 2. The summed E-state index contributed by atoms with van der Waals surface area (Å²) in [5.41, 5.74) is 4.07. The van der Waals surface area contributed by atoms with E-state index in [0.717, 1.165) is 16.9 Å². The first kappa shape index (κ1) is 13.6. The molecule has 5 rings (SSSR count). The van der Waals surface area contributed by atoms with E-state index in [2.05, 4.69) is 30.7 Å². The van der Waals surface area contributed by atoms with Crippen LogP contribution in [0.5, 0.6) is 0 Å². The van der Waals surface area contributed by atoms with Crippen LogP contribution in [0.4, 0.5) is 5.82 Å². The molecular formula is C17H10N6O2. The Morgan fingerprint density at radius 3 is 2.92 bits per heavy atom. The first-order valence-electron chi connectivity index (χ1n) is 7.54. The number of nitrogens with zero attached hydrogens (tertiary/aromatic N) is 4. The highest BCUT2D eigenvalue weighted by molar-refractivity contribution is 5.87. The van der Waals surface area contributed by atoms with Crippen molar-refractivity contribution in [1.82, 2.24) is 20.5 Å². The van der Waals surface area contributed by atoms with E-state index in [9.17, 15) is 0 Å². The Morgan fingerprint density at radius 2 is 2.08 bits per heavy atom. The van der Waals surface area contributed by atoms with Gasteiger partial charge in [-0.25, -0.2) is 9.47 Å². The van der Waals surface area contributed by atoms with Crippen molar-refractivity contribution in [3.63, 3.8) is 0 Å². The summed E-state index contributed by atoms with van der Waals surface area (Å²) in [6, 6.07) is 9.21. The van der Waals surface area contributed by atoms with Crippen LogP contribution in [0, 0.1) is 6.57 Å². The molecule has 0 saturated heterocycles. The largest absolute Gasteiger partial charge is 0.464 e. The molecule has 120 valence electrons. The zero-order chi connectivity index (χ0) is 16.8. The number of benzene rings is 1. The molecule has 1 aromatic carbocycles. The summed E-state index contributed by atoms with van der Waals surface area (Å²) in [6.07, 6.45) is 3.29. The van der Waals surface area contributed by atoms with Crippen LogP contribution in [0.3, 0.4) is 0 Å². The van der Waals surface area contributed by atoms with Gasteiger partial charge in [-0.15, -0.1) is 0 Å². The molecule has 8 heteroatoms. The number of anilines is 1. The molecule has 25 heavy (non-hydrogen) atoms. The van der Waals surface area contributed by atoms with Crippen LogP contribution in [0.1, 0.15) is 22.8 Å². The number of allylic oxidation sites excluding steroid dienone is 1. The molecule has 4 heterocycles. The van der Waals surface area contributed by atoms with Crippen molar-refractivity contribution < 1.29 is 9.05 Å². The van der Waals surface area contributed by atoms with E-state index in [0.29, 0.717) is 28.2 Å². The van der Waals surface area contributed by atoms with E-state index in [4.69, 9.17) is 15.6 Å². The molecule has 0 spiro atoms. The smallest absolute Gasteiger partial charge is 0.203 e. The predicted molar refractivity (Wildman–Crippen MR) is 88.1 cm³/mol. The van der Waals surface area contributed by atoms with Gasteiger partial charge in [0.2, 0.25) is 5.70 Å². The molecule has 4 aromatic rings. The van der Waals surface area contributed by atoms with Crippen LogP contribution < -0.4 is 5.32 Å². The van der Waals surface area contributed by atoms with Crippen molar-refractivity contribution in [2.24, 2.45) is 0 Å². The van der Waals surface area contributed by atoms with Crippen LogP contribution in [-0.2, 0) is 0 Å². The van der Waals surface area contributed by atoms with Gasteiger partial charge in [0.25, 0.3) is 0 Å². The van der Waals surface area contributed by atoms with Gasteiger partial charge in [-0.2, -0.15) is 5.10 Å². The van der Waals surface area contributed by atoms with Crippen molar-refractivity contribution in [1.29, 1.82) is 0 Å². The van der Waals surface area contributed by atoms with Crippen molar-refractivity contribution >= 4 is 22.5 Å². The van der Waals surface area contributed by atoms with E-state index >= 15 is 0 Å². The molecule has 1 aliphatic rings. The average Bonchev–Trinajstić information content (AvgIpc) is 3.40. The second-order valence-electron chi connectivity index (χ2n) is 5.59. The number of aromatic amines is 1. The Morgan fingerprint density at radius 1 is 1.12 bits per heavy atom. The molecule has 0 bridgehead atoms. The summed E-state index contributed by atoms with van der Waals surface area (Å²) >= 11 is 0. The molecule has 0 fully saturated rings. The fourth-order valence-corrected chi connectivity index (χ4v) is 3.20. The van der Waals surface area contributed by atoms with Crippen molar-refractivity contribution in [2.45, 2.75) is 5.92 Å². The summed E-state index contributed by atoms with van der Waals surface area (Å²) in [4.78, 5) is 3.80. The van der Waals surface area contributed by atoms with Gasteiger partial charge >= 0.3 is 0 Å². The average molecular weight is 330 g/mol. The zero-order valence-electron chi connectivity index (χ0n) is 12.7. The lowest BCUT2D eigenvalue weighted by Crippen LogP contribution is -2.16. The van der Waals surface area contributed by atoms with Gasteiger partial charge in [-0.3, -0.25) is 5.10 Å². The Bertz CT molecular complexity index is 1150. The summed E-state index contributed by atoms with van der Waals surface area (Å²) in [5, 5.41) is 18.2. The molecule has 1 aliphatic heterocycles. The van der Waals surface area contributed by atoms with Gasteiger partial charge < -0.3 is 9.73 Å². The van der Waals surface area contributed by atoms with Gasteiger partial charge in [0.15, 0.2) is 0 Å². The zero-order valence-corrected chi connectivity index (χ0v) is 12.7. The number of rotatable bonds is 2. The quantitative estimate of drug-likeness (QED) is 0.547. The Labute approximate surface area is 140 Å². The highest BCUT2D eigenvalue weighted by Gasteiger charge is 2.34. The fraction of sp³-hybridized carbons (Fsp3) is 0.0588. The van der Waals surface area contributed by atoms with E-state index in [-0.39, 0.29) is 5.92 Å². The molecule has 0 radical (unpaired) electrons. The molecule has 8 nitrogen and oxygen atoms in total. The van der Waals surface area contributed by atoms with Crippen LogP contribution in [-0.4, -0.2) is 20.5 Å². The lowest BCUT2D eigenvalue weighted by molar-refractivity contribution is 0.315. The summed E-state index contributed by atoms with van der Waals surface area (Å²) in [6.45, 7) is 7.77. The van der Waals surface area contributed by atoms with E-state index in [1.807, 2.05) is 24.3 Å². The number of aromatic nitrogens is 4. The van der Waals surface area contributed by atoms with E-state index < -0.39 is 0 Å². The lowest BCUT2D eigenvalue weighted by atomic mass is 9.85. The highest BCUT2D eigenvalue weighted by atomic mass is 16.6. The maximum atomic E-state index is 7.77. The fourth-order valence-electron chi connectivity index (χ4n) is 3.20. The Kier molecular flexibility index (Phi) is 2.75. The van der Waals surface area contributed by atoms with E-state index in [1.165, 1.54) is 0 Å². The second kappa shape index (κ2) is 5.07. The molecule has 0 saturated carbocycles. The van der Waals surface area contributed by atoms with E-state index in [1.54, 1.807) is 18.5 Å². The van der Waals surface area contributed by atoms with Gasteiger partial charge in [0.1, 0.15) is 22.6 Å². The molecule has 0 aliphatic carbocycles. The molecule has 0 amide bonds. The summed E-state index contributed by atoms with van der Waals surface area (Å²) in [7, 11) is 0. The third-order valence-electron chi connectivity index (χ3n) is 4.28. The topological polar surface area (TPSA) is 97.1 Å². The number of H-pyrrole nitrogens is 1. The maximum Gasteiger partial charge on any atom is 0.203 e. The number of furan rings is 1. The number of fused-ring (bicyclic) bond motifs is 2. The molecule has 1 unspecified atom stereocenters. The molecule has 1 atom stereocenters. The van der Waals surface area contributed by atoms with Crippen LogP contribution in [0.2, 0.25) is 0 Å². The highest BCUT2D eigenvalue weighted by Crippen LogP contribution is 2.45. The molecule has 2 N–H and O–H groups in total. The first-order valence-corrected chi connectivity index (χ1v) is 7.54. The SMILES string of the molecule is [C-]#[N+]C1=C(c2ccco2)Nc2[nH]ncc2C1c1cccc2nonc12. The minimum Gasteiger partial charge on any atom is -0.464 e. The predicted octanol–water partition coefficient (Wildman–Crippen LogP) is 3.38. The van der Waals surface area contributed by atoms with Gasteiger partial charge in [0.05, 0.1) is 30.6 Å². The third-order valence-corrected chi connectivity index (χ3v) is 4.28. The minimum atomic E-state index is -0.358. The summed E-state index contributed by atoms with van der Waals surface area (Å²) < 4.78 is 10.4. The lowest BCUT2D eigenvalue weighted by Gasteiger charge is -2.25. The number of nitrogens with one attached hydrogen (secondary N) is 2. The first-order chi connectivity index (χ1) is 12.4. The van der Waals surface area contributed by atoms with Crippen molar-refractivity contribution in [2.75, 3.05) is 5.32 Å². The molecule has 3 aromatic heterocycles. The van der Waals surface area contributed by atoms with Crippen LogP contribution in [0.25, 0.3) is 21.6 Å². The normalized spacial score (nSPS) is 16.5. The van der Waals surface area contributed by atoms with Crippen LogP contribution >= 0.6 is 0 Å². The van der Waals surface area contributed by atoms with Gasteiger partial charge in [0, 0.05) is 5.56 Å². The number of hydrogen-bond acceptors (Lipinski definition) is 6. The van der Waals surface area contributed by atoms with Crippen molar-refractivity contribution in [3.05, 3.63) is 76.8 Å². The van der Waals surface area contributed by atoms with Gasteiger partial charge in [-0.1, -0.05) is 12.1 Å². The standard InChI is InChI=1S/C17H10N6O2/c1-18-16-13(9-4-2-5-11-14(9)23-25-22-11)10-8-19-21-17(10)20-15(16)12-6-3-7-24-12/h2-8,13H,(H2,19,20,21). The van der Waals surface area contributed by atoms with Gasteiger partial charge in [-0.05, 0) is 34.1 Å². The molecular weight excluding hydrogens is 320 g/mol. The second-order valence-corrected chi connectivity index (χ2v) is 5.59. The van der Waals surface area contributed by atoms with Crippen molar-refractivity contribution in [3.8, 4) is 0 Å². The maximum absolute atomic E-state index is 7.77.